The van der Waals surface area contributed by atoms with Crippen LogP contribution >= 0.6 is 11.8 Å². The van der Waals surface area contributed by atoms with E-state index >= 15 is 0 Å². The van der Waals surface area contributed by atoms with Crippen molar-refractivity contribution in [3.63, 3.8) is 0 Å². The second kappa shape index (κ2) is 8.53. The Kier molecular flexibility index (Phi) is 5.85. The zero-order valence-corrected chi connectivity index (χ0v) is 16.7. The van der Waals surface area contributed by atoms with Gasteiger partial charge in [-0.25, -0.2) is 8.78 Å². The second-order valence-corrected chi connectivity index (χ2v) is 8.50. The van der Waals surface area contributed by atoms with Gasteiger partial charge in [0.05, 0.1) is 11.4 Å². The summed E-state index contributed by atoms with van der Waals surface area (Å²) in [5.41, 5.74) is 1.40. The predicted octanol–water partition coefficient (Wildman–Crippen LogP) is 5.26. The van der Waals surface area contributed by atoms with E-state index in [2.05, 4.69) is 5.32 Å². The maximum Gasteiger partial charge on any atom is 0.238 e. The van der Waals surface area contributed by atoms with E-state index < -0.39 is 17.0 Å². The highest BCUT2D eigenvalue weighted by Crippen LogP contribution is 2.45. The van der Waals surface area contributed by atoms with Crippen LogP contribution in [-0.2, 0) is 9.59 Å². The van der Waals surface area contributed by atoms with Gasteiger partial charge in [-0.2, -0.15) is 0 Å². The summed E-state index contributed by atoms with van der Waals surface area (Å²) in [6.07, 6.45) is 5.06. The lowest BCUT2D eigenvalue weighted by atomic mass is 9.88. The maximum atomic E-state index is 14.4. The number of carbonyl (C=O) groups is 2. The van der Waals surface area contributed by atoms with E-state index in [0.29, 0.717) is 5.69 Å². The molecule has 2 aliphatic rings. The highest BCUT2D eigenvalue weighted by atomic mass is 32.2. The number of hydrogen-bond donors (Lipinski definition) is 1. The molecule has 1 aliphatic carbocycles. The molecule has 1 atom stereocenters. The summed E-state index contributed by atoms with van der Waals surface area (Å²) in [5.74, 6) is -1.55. The summed E-state index contributed by atoms with van der Waals surface area (Å²) in [7, 11) is 0. The van der Waals surface area contributed by atoms with E-state index in [-0.39, 0.29) is 29.2 Å². The van der Waals surface area contributed by atoms with E-state index in [1.165, 1.54) is 29.1 Å². The molecule has 1 saturated carbocycles. The number of benzene rings is 2. The summed E-state index contributed by atoms with van der Waals surface area (Å²) in [4.78, 5) is 26.6. The molecule has 1 unspecified atom stereocenters. The van der Waals surface area contributed by atoms with Crippen LogP contribution in [0.1, 0.15) is 43.0 Å². The average molecular weight is 416 g/mol. The molecule has 0 bridgehead atoms. The van der Waals surface area contributed by atoms with E-state index in [0.717, 1.165) is 43.4 Å². The first-order valence-electron chi connectivity index (χ1n) is 9.83. The molecule has 7 heteroatoms. The summed E-state index contributed by atoms with van der Waals surface area (Å²) < 4.78 is 27.7. The largest absolute Gasteiger partial charge is 0.325 e. The zero-order valence-electron chi connectivity index (χ0n) is 15.9. The minimum absolute atomic E-state index is 0.000292. The van der Waals surface area contributed by atoms with Gasteiger partial charge < -0.3 is 5.32 Å². The number of thioether (sulfide) groups is 1. The number of amides is 2. The first kappa shape index (κ1) is 19.9. The van der Waals surface area contributed by atoms with Crippen molar-refractivity contribution >= 4 is 35.0 Å². The molecule has 4 rings (SSSR count). The van der Waals surface area contributed by atoms with Gasteiger partial charge in [0, 0.05) is 23.2 Å². The number of nitrogens with zero attached hydrogens (tertiary/aromatic N) is 1. The molecule has 2 amide bonds. The van der Waals surface area contributed by atoms with Crippen molar-refractivity contribution in [2.24, 2.45) is 5.92 Å². The van der Waals surface area contributed by atoms with E-state index in [4.69, 9.17) is 0 Å². The van der Waals surface area contributed by atoms with Gasteiger partial charge >= 0.3 is 0 Å². The maximum absolute atomic E-state index is 14.4. The summed E-state index contributed by atoms with van der Waals surface area (Å²) in [6.45, 7) is 0. The summed E-state index contributed by atoms with van der Waals surface area (Å²) >= 11 is 1.36. The lowest BCUT2D eigenvalue weighted by Crippen LogP contribution is -2.30. The SMILES string of the molecule is O=C(Nc1ccccc1C1SCC(=O)N1c1ccc(F)cc1F)C1CCCCC1. The summed E-state index contributed by atoms with van der Waals surface area (Å²) in [5, 5.41) is 2.53. The molecule has 1 saturated heterocycles. The zero-order chi connectivity index (χ0) is 20.4. The fraction of sp³-hybridized carbons (Fsp3) is 0.364. The van der Waals surface area contributed by atoms with Gasteiger partial charge in [-0.05, 0) is 31.0 Å². The van der Waals surface area contributed by atoms with Crippen molar-refractivity contribution in [1.82, 2.24) is 0 Å². The average Bonchev–Trinajstić information content (AvgIpc) is 3.10. The molecule has 2 fully saturated rings. The Balaban J connectivity index is 1.63. The second-order valence-electron chi connectivity index (χ2n) is 7.43. The van der Waals surface area contributed by atoms with Crippen LogP contribution in [0.5, 0.6) is 0 Å². The van der Waals surface area contributed by atoms with Gasteiger partial charge in [0.15, 0.2) is 0 Å². The van der Waals surface area contributed by atoms with Crippen molar-refractivity contribution < 1.29 is 18.4 Å². The topological polar surface area (TPSA) is 49.4 Å². The smallest absolute Gasteiger partial charge is 0.238 e. The molecule has 0 radical (unpaired) electrons. The lowest BCUT2D eigenvalue weighted by molar-refractivity contribution is -0.120. The molecule has 2 aromatic rings. The minimum Gasteiger partial charge on any atom is -0.325 e. The molecule has 1 aliphatic heterocycles. The van der Waals surface area contributed by atoms with Crippen LogP contribution < -0.4 is 10.2 Å². The van der Waals surface area contributed by atoms with Crippen molar-refractivity contribution in [1.29, 1.82) is 0 Å². The van der Waals surface area contributed by atoms with Crippen LogP contribution in [0.3, 0.4) is 0 Å². The Morgan fingerprint density at radius 2 is 1.83 bits per heavy atom. The third kappa shape index (κ3) is 4.15. The van der Waals surface area contributed by atoms with Crippen molar-refractivity contribution in [3.05, 3.63) is 59.7 Å². The minimum atomic E-state index is -0.783. The van der Waals surface area contributed by atoms with Gasteiger partial charge in [0.2, 0.25) is 11.8 Å². The molecule has 1 N–H and O–H groups in total. The van der Waals surface area contributed by atoms with Crippen LogP contribution in [-0.4, -0.2) is 17.6 Å². The van der Waals surface area contributed by atoms with E-state index in [9.17, 15) is 18.4 Å². The number of nitrogens with one attached hydrogen (secondary N) is 1. The van der Waals surface area contributed by atoms with E-state index in [1.54, 1.807) is 6.07 Å². The Hall–Kier alpha value is -2.41. The standard InChI is InChI=1S/C22H22F2N2O2S/c23-15-10-11-19(17(24)12-15)26-20(27)13-29-22(26)16-8-4-5-9-18(16)25-21(28)14-6-2-1-3-7-14/h4-5,8-12,14,22H,1-3,6-7,13H2,(H,25,28). The monoisotopic (exact) mass is 416 g/mol. The number of rotatable bonds is 4. The van der Waals surface area contributed by atoms with Gasteiger partial charge in [-0.3, -0.25) is 14.5 Å². The van der Waals surface area contributed by atoms with Crippen LogP contribution in [0.4, 0.5) is 20.2 Å². The number of halogens is 2. The predicted molar refractivity (Wildman–Crippen MR) is 111 cm³/mol. The molecule has 152 valence electrons. The Labute approximate surface area is 172 Å². The van der Waals surface area contributed by atoms with Crippen molar-refractivity contribution in [3.8, 4) is 0 Å². The highest BCUT2D eigenvalue weighted by molar-refractivity contribution is 8.00. The van der Waals surface area contributed by atoms with Crippen LogP contribution in [0, 0.1) is 17.6 Å². The number of carbonyl (C=O) groups excluding carboxylic acids is 2. The van der Waals surface area contributed by atoms with Gasteiger partial charge in [0.25, 0.3) is 0 Å². The normalized spacial score (nSPS) is 20.1. The molecular weight excluding hydrogens is 394 g/mol. The third-order valence-electron chi connectivity index (χ3n) is 5.50. The first-order chi connectivity index (χ1) is 14.0. The fourth-order valence-corrected chi connectivity index (χ4v) is 5.22. The summed E-state index contributed by atoms with van der Waals surface area (Å²) in [6, 6.07) is 10.5. The lowest BCUT2D eigenvalue weighted by Gasteiger charge is -2.27. The van der Waals surface area contributed by atoms with E-state index in [1.807, 2.05) is 18.2 Å². The fourth-order valence-electron chi connectivity index (χ4n) is 4.02. The molecule has 1 heterocycles. The Morgan fingerprint density at radius 3 is 2.59 bits per heavy atom. The highest BCUT2D eigenvalue weighted by Gasteiger charge is 2.37. The Bertz CT molecular complexity index is 931. The Morgan fingerprint density at radius 1 is 1.07 bits per heavy atom. The molecule has 0 aromatic heterocycles. The van der Waals surface area contributed by atoms with Gasteiger partial charge in [-0.1, -0.05) is 37.5 Å². The molecule has 29 heavy (non-hydrogen) atoms. The van der Waals surface area contributed by atoms with Crippen LogP contribution in [0.15, 0.2) is 42.5 Å². The molecular formula is C22H22F2N2O2S. The molecule has 2 aromatic carbocycles. The quantitative estimate of drug-likeness (QED) is 0.739. The van der Waals surface area contributed by atoms with Gasteiger partial charge in [0.1, 0.15) is 17.0 Å². The van der Waals surface area contributed by atoms with Crippen LogP contribution in [0.25, 0.3) is 0 Å². The number of para-hydroxylation sites is 1. The van der Waals surface area contributed by atoms with Crippen molar-refractivity contribution in [2.45, 2.75) is 37.5 Å². The first-order valence-corrected chi connectivity index (χ1v) is 10.9. The molecule has 0 spiro atoms. The third-order valence-corrected chi connectivity index (χ3v) is 6.69. The van der Waals surface area contributed by atoms with Crippen LogP contribution in [0.2, 0.25) is 0 Å². The number of hydrogen-bond acceptors (Lipinski definition) is 3. The number of anilines is 2. The van der Waals surface area contributed by atoms with Crippen molar-refractivity contribution in [2.75, 3.05) is 16.0 Å². The molecule has 4 nitrogen and oxygen atoms in total. The van der Waals surface area contributed by atoms with Gasteiger partial charge in [-0.15, -0.1) is 11.8 Å².